The predicted octanol–water partition coefficient (Wildman–Crippen LogP) is 1.81. The van der Waals surface area contributed by atoms with E-state index in [-0.39, 0.29) is 0 Å². The van der Waals surface area contributed by atoms with E-state index < -0.39 is 0 Å². The molecule has 0 saturated heterocycles. The number of nitrogens with zero attached hydrogens (tertiary/aromatic N) is 2. The molecule has 1 aliphatic rings. The molecule has 0 fully saturated rings. The van der Waals surface area contributed by atoms with E-state index in [0.717, 1.165) is 13.0 Å². The van der Waals surface area contributed by atoms with E-state index in [1.54, 1.807) is 0 Å². The van der Waals surface area contributed by atoms with Crippen molar-refractivity contribution in [3.05, 3.63) is 53.3 Å². The Hall–Kier alpha value is -1.61. The normalized spacial score (nSPS) is 19.4. The van der Waals surface area contributed by atoms with Crippen molar-refractivity contribution in [2.24, 2.45) is 7.05 Å². The van der Waals surface area contributed by atoms with Gasteiger partial charge in [0.25, 0.3) is 0 Å². The molecule has 0 bridgehead atoms. The lowest BCUT2D eigenvalue weighted by atomic mass is 9.93. The van der Waals surface area contributed by atoms with Crippen molar-refractivity contribution < 1.29 is 0 Å². The molecule has 2 heterocycles. The molecule has 0 amide bonds. The molecule has 0 radical (unpaired) electrons. The van der Waals surface area contributed by atoms with Gasteiger partial charge in [0.2, 0.25) is 0 Å². The van der Waals surface area contributed by atoms with Gasteiger partial charge >= 0.3 is 0 Å². The summed E-state index contributed by atoms with van der Waals surface area (Å²) in [5.41, 5.74) is 4.15. The molecule has 3 nitrogen and oxygen atoms in total. The summed E-state index contributed by atoms with van der Waals surface area (Å²) in [7, 11) is 1.96. The SMILES string of the molecule is Cn1cc(C2Cc3ccccc3CN2)cn1. The van der Waals surface area contributed by atoms with Crippen LogP contribution in [0.4, 0.5) is 0 Å². The van der Waals surface area contributed by atoms with Gasteiger partial charge in [0.05, 0.1) is 6.20 Å². The molecule has 0 saturated carbocycles. The van der Waals surface area contributed by atoms with Crippen LogP contribution in [0.2, 0.25) is 0 Å². The Kier molecular flexibility index (Phi) is 2.26. The second-order valence-electron chi connectivity index (χ2n) is 4.35. The molecule has 16 heavy (non-hydrogen) atoms. The highest BCUT2D eigenvalue weighted by Gasteiger charge is 2.19. The van der Waals surface area contributed by atoms with Crippen molar-refractivity contribution in [2.45, 2.75) is 19.0 Å². The van der Waals surface area contributed by atoms with Crippen LogP contribution in [0, 0.1) is 0 Å². The van der Waals surface area contributed by atoms with Crippen LogP contribution in [0.5, 0.6) is 0 Å². The molecule has 3 heteroatoms. The third-order valence-electron chi connectivity index (χ3n) is 3.21. The first-order chi connectivity index (χ1) is 7.83. The Balaban J connectivity index is 1.88. The number of rotatable bonds is 1. The van der Waals surface area contributed by atoms with E-state index in [2.05, 4.69) is 40.9 Å². The zero-order chi connectivity index (χ0) is 11.0. The fourth-order valence-corrected chi connectivity index (χ4v) is 2.31. The highest BCUT2D eigenvalue weighted by Crippen LogP contribution is 2.25. The van der Waals surface area contributed by atoms with Gasteiger partial charge in [-0.2, -0.15) is 5.10 Å². The number of fused-ring (bicyclic) bond motifs is 1. The third-order valence-corrected chi connectivity index (χ3v) is 3.21. The molecule has 3 rings (SSSR count). The molecule has 2 aromatic rings. The molecular weight excluding hydrogens is 198 g/mol. The summed E-state index contributed by atoms with van der Waals surface area (Å²) in [6, 6.07) is 9.04. The van der Waals surface area contributed by atoms with E-state index in [4.69, 9.17) is 0 Å². The maximum Gasteiger partial charge on any atom is 0.0537 e. The van der Waals surface area contributed by atoms with Crippen LogP contribution in [0.3, 0.4) is 0 Å². The van der Waals surface area contributed by atoms with Gasteiger partial charge in [-0.15, -0.1) is 0 Å². The lowest BCUT2D eigenvalue weighted by Crippen LogP contribution is -2.28. The lowest BCUT2D eigenvalue weighted by Gasteiger charge is -2.25. The quantitative estimate of drug-likeness (QED) is 0.783. The first-order valence-corrected chi connectivity index (χ1v) is 5.61. The fourth-order valence-electron chi connectivity index (χ4n) is 2.31. The van der Waals surface area contributed by atoms with Crippen LogP contribution in [0.25, 0.3) is 0 Å². The van der Waals surface area contributed by atoms with Crippen LogP contribution in [-0.4, -0.2) is 9.78 Å². The Morgan fingerprint density at radius 2 is 2.12 bits per heavy atom. The van der Waals surface area contributed by atoms with Gasteiger partial charge in [-0.1, -0.05) is 24.3 Å². The predicted molar refractivity (Wildman–Crippen MR) is 62.9 cm³/mol. The monoisotopic (exact) mass is 213 g/mol. The van der Waals surface area contributed by atoms with Crippen LogP contribution in [0.1, 0.15) is 22.7 Å². The highest BCUT2D eigenvalue weighted by molar-refractivity contribution is 5.31. The van der Waals surface area contributed by atoms with Gasteiger partial charge in [0, 0.05) is 31.4 Å². The van der Waals surface area contributed by atoms with Crippen molar-refractivity contribution in [3.63, 3.8) is 0 Å². The second-order valence-corrected chi connectivity index (χ2v) is 4.35. The molecular formula is C13H15N3. The molecule has 1 unspecified atom stereocenters. The highest BCUT2D eigenvalue weighted by atomic mass is 15.2. The van der Waals surface area contributed by atoms with Gasteiger partial charge in [-0.3, -0.25) is 4.68 Å². The zero-order valence-corrected chi connectivity index (χ0v) is 9.35. The maximum atomic E-state index is 4.22. The zero-order valence-electron chi connectivity index (χ0n) is 9.35. The average molecular weight is 213 g/mol. The first-order valence-electron chi connectivity index (χ1n) is 5.61. The summed E-state index contributed by atoms with van der Waals surface area (Å²) in [4.78, 5) is 0. The number of nitrogens with one attached hydrogen (secondary N) is 1. The molecule has 1 N–H and O–H groups in total. The van der Waals surface area contributed by atoms with Crippen LogP contribution in [0.15, 0.2) is 36.7 Å². The maximum absolute atomic E-state index is 4.22. The van der Waals surface area contributed by atoms with Gasteiger partial charge < -0.3 is 5.32 Å². The molecule has 82 valence electrons. The van der Waals surface area contributed by atoms with Crippen molar-refractivity contribution >= 4 is 0 Å². The van der Waals surface area contributed by atoms with Gasteiger partial charge in [0.1, 0.15) is 0 Å². The van der Waals surface area contributed by atoms with Crippen LogP contribution in [-0.2, 0) is 20.0 Å². The number of benzene rings is 1. The van der Waals surface area contributed by atoms with Gasteiger partial charge in [-0.25, -0.2) is 0 Å². The average Bonchev–Trinajstić information content (AvgIpc) is 2.75. The summed E-state index contributed by atoms with van der Waals surface area (Å²) in [5, 5.41) is 7.78. The Morgan fingerprint density at radius 3 is 2.88 bits per heavy atom. The molecule has 1 atom stereocenters. The summed E-state index contributed by atoms with van der Waals surface area (Å²) in [6.45, 7) is 0.954. The molecule has 0 aliphatic carbocycles. The van der Waals surface area contributed by atoms with E-state index in [0.29, 0.717) is 6.04 Å². The van der Waals surface area contributed by atoms with Crippen molar-refractivity contribution in [1.82, 2.24) is 15.1 Å². The Labute approximate surface area is 95.1 Å². The van der Waals surface area contributed by atoms with E-state index in [9.17, 15) is 0 Å². The molecule has 0 spiro atoms. The molecule has 1 aliphatic heterocycles. The number of hydrogen-bond acceptors (Lipinski definition) is 2. The summed E-state index contributed by atoms with van der Waals surface area (Å²) < 4.78 is 1.86. The van der Waals surface area contributed by atoms with Crippen molar-refractivity contribution in [2.75, 3.05) is 0 Å². The van der Waals surface area contributed by atoms with Crippen LogP contribution < -0.4 is 5.32 Å². The minimum Gasteiger partial charge on any atom is -0.305 e. The van der Waals surface area contributed by atoms with E-state index in [1.165, 1.54) is 16.7 Å². The van der Waals surface area contributed by atoms with Gasteiger partial charge in [0.15, 0.2) is 0 Å². The van der Waals surface area contributed by atoms with Gasteiger partial charge in [-0.05, 0) is 17.5 Å². The molecule has 1 aromatic carbocycles. The number of aromatic nitrogens is 2. The lowest BCUT2D eigenvalue weighted by molar-refractivity contribution is 0.498. The summed E-state index contributed by atoms with van der Waals surface area (Å²) >= 11 is 0. The van der Waals surface area contributed by atoms with E-state index >= 15 is 0 Å². The fraction of sp³-hybridized carbons (Fsp3) is 0.308. The number of aryl methyl sites for hydroxylation is 1. The Bertz CT molecular complexity index is 501. The third kappa shape index (κ3) is 1.63. The largest absolute Gasteiger partial charge is 0.305 e. The van der Waals surface area contributed by atoms with Crippen LogP contribution >= 0.6 is 0 Å². The smallest absolute Gasteiger partial charge is 0.0537 e. The minimum absolute atomic E-state index is 0.406. The standard InChI is InChI=1S/C13H15N3/c1-16-9-12(8-15-16)13-6-10-4-2-3-5-11(10)7-14-13/h2-5,8-9,13-14H,6-7H2,1H3. The first kappa shape index (κ1) is 9.60. The molecule has 1 aromatic heterocycles. The Morgan fingerprint density at radius 1 is 1.31 bits per heavy atom. The van der Waals surface area contributed by atoms with Crippen molar-refractivity contribution in [1.29, 1.82) is 0 Å². The topological polar surface area (TPSA) is 29.9 Å². The minimum atomic E-state index is 0.406. The summed E-state index contributed by atoms with van der Waals surface area (Å²) in [6.07, 6.45) is 5.10. The number of hydrogen-bond donors (Lipinski definition) is 1. The second kappa shape index (κ2) is 3.76. The van der Waals surface area contributed by atoms with Crippen molar-refractivity contribution in [3.8, 4) is 0 Å². The summed E-state index contributed by atoms with van der Waals surface area (Å²) in [5.74, 6) is 0. The van der Waals surface area contributed by atoms with E-state index in [1.807, 2.05) is 17.9 Å².